The third-order valence-electron chi connectivity index (χ3n) is 2.64. The highest BCUT2D eigenvalue weighted by molar-refractivity contribution is 7.88. The van der Waals surface area contributed by atoms with Gasteiger partial charge in [-0.1, -0.05) is 12.1 Å². The van der Waals surface area contributed by atoms with Crippen LogP contribution in [0.2, 0.25) is 0 Å². The number of anilines is 1. The van der Waals surface area contributed by atoms with E-state index in [4.69, 9.17) is 4.74 Å². The normalized spacial score (nSPS) is 11.6. The molecule has 0 aliphatic rings. The van der Waals surface area contributed by atoms with Gasteiger partial charge in [-0.25, -0.2) is 8.42 Å². The summed E-state index contributed by atoms with van der Waals surface area (Å²) in [5.41, 5.74) is 1.66. The van der Waals surface area contributed by atoms with E-state index >= 15 is 0 Å². The lowest BCUT2D eigenvalue weighted by Gasteiger charge is -2.19. The summed E-state index contributed by atoms with van der Waals surface area (Å²) in [4.78, 5) is 11.9. The summed E-state index contributed by atoms with van der Waals surface area (Å²) in [5.74, 6) is -0.378. The van der Waals surface area contributed by atoms with Gasteiger partial charge in [-0.3, -0.25) is 4.79 Å². The Hall–Kier alpha value is -1.44. The number of nitrogens with one attached hydrogen (secondary N) is 1. The van der Waals surface area contributed by atoms with Crippen LogP contribution in [-0.4, -0.2) is 51.7 Å². The van der Waals surface area contributed by atoms with E-state index in [1.807, 2.05) is 25.1 Å². The number of aryl methyl sites for hydroxylation is 1. The lowest BCUT2D eigenvalue weighted by Crippen LogP contribution is -2.39. The Balaban J connectivity index is 2.67. The van der Waals surface area contributed by atoms with Crippen LogP contribution in [-0.2, 0) is 19.6 Å². The molecule has 0 aliphatic heterocycles. The molecule has 1 aromatic rings. The highest BCUT2D eigenvalue weighted by Crippen LogP contribution is 2.09. The van der Waals surface area contributed by atoms with Gasteiger partial charge >= 0.3 is 0 Å². The van der Waals surface area contributed by atoms with Crippen LogP contribution in [0.4, 0.5) is 5.69 Å². The van der Waals surface area contributed by atoms with Crippen LogP contribution in [0.25, 0.3) is 0 Å². The molecule has 1 aromatic carbocycles. The van der Waals surface area contributed by atoms with E-state index in [1.54, 1.807) is 6.07 Å². The van der Waals surface area contributed by atoms with Crippen molar-refractivity contribution >= 4 is 21.6 Å². The lowest BCUT2D eigenvalue weighted by molar-refractivity contribution is -0.116. The lowest BCUT2D eigenvalue weighted by atomic mass is 10.2. The number of carbonyl (C=O) groups is 1. The van der Waals surface area contributed by atoms with Crippen LogP contribution < -0.4 is 5.32 Å². The van der Waals surface area contributed by atoms with Crippen molar-refractivity contribution in [2.24, 2.45) is 0 Å². The standard InChI is InChI=1S/C13H20N2O4S/c1-11-5-4-6-12(9-11)14-13(16)10-15(7-8-19-2)20(3,17)18/h4-6,9H,7-8,10H2,1-3H3,(H,14,16). The number of sulfonamides is 1. The molecule has 0 saturated carbocycles. The molecular weight excluding hydrogens is 280 g/mol. The molecule has 1 N–H and O–H groups in total. The second-order valence-electron chi connectivity index (χ2n) is 4.51. The van der Waals surface area contributed by atoms with E-state index in [0.717, 1.165) is 16.1 Å². The van der Waals surface area contributed by atoms with Gasteiger partial charge in [0.2, 0.25) is 15.9 Å². The summed E-state index contributed by atoms with van der Waals surface area (Å²) < 4.78 is 29.1. The Bertz CT molecular complexity index is 557. The van der Waals surface area contributed by atoms with E-state index in [-0.39, 0.29) is 25.6 Å². The van der Waals surface area contributed by atoms with Gasteiger partial charge in [-0.05, 0) is 24.6 Å². The third-order valence-corrected chi connectivity index (χ3v) is 3.89. The zero-order chi connectivity index (χ0) is 15.2. The number of carbonyl (C=O) groups excluding carboxylic acids is 1. The van der Waals surface area contributed by atoms with Gasteiger partial charge < -0.3 is 10.1 Å². The van der Waals surface area contributed by atoms with Crippen LogP contribution in [0.1, 0.15) is 5.56 Å². The van der Waals surface area contributed by atoms with Crippen LogP contribution in [0, 0.1) is 6.92 Å². The summed E-state index contributed by atoms with van der Waals surface area (Å²) >= 11 is 0. The average molecular weight is 300 g/mol. The van der Waals surface area contributed by atoms with E-state index < -0.39 is 10.0 Å². The van der Waals surface area contributed by atoms with Crippen LogP contribution in [0.3, 0.4) is 0 Å². The van der Waals surface area contributed by atoms with Gasteiger partial charge in [0.15, 0.2) is 0 Å². The van der Waals surface area contributed by atoms with Crippen molar-refractivity contribution in [1.29, 1.82) is 0 Å². The Morgan fingerprint density at radius 1 is 1.40 bits per heavy atom. The molecule has 0 unspecified atom stereocenters. The predicted octanol–water partition coefficient (Wildman–Crippen LogP) is 0.842. The molecule has 0 aromatic heterocycles. The van der Waals surface area contributed by atoms with Gasteiger partial charge in [0.25, 0.3) is 0 Å². The molecule has 6 nitrogen and oxygen atoms in total. The molecule has 0 bridgehead atoms. The zero-order valence-corrected chi connectivity index (χ0v) is 12.7. The topological polar surface area (TPSA) is 75.7 Å². The molecular formula is C13H20N2O4S. The summed E-state index contributed by atoms with van der Waals surface area (Å²) in [6.07, 6.45) is 1.07. The number of nitrogens with zero attached hydrogens (tertiary/aromatic N) is 1. The van der Waals surface area contributed by atoms with E-state index in [1.165, 1.54) is 7.11 Å². The first-order chi connectivity index (χ1) is 9.32. The van der Waals surface area contributed by atoms with Crippen molar-refractivity contribution in [3.05, 3.63) is 29.8 Å². The average Bonchev–Trinajstić information content (AvgIpc) is 2.33. The quantitative estimate of drug-likeness (QED) is 0.809. The maximum absolute atomic E-state index is 11.9. The Morgan fingerprint density at radius 2 is 2.10 bits per heavy atom. The van der Waals surface area contributed by atoms with E-state index in [0.29, 0.717) is 5.69 Å². The maximum Gasteiger partial charge on any atom is 0.239 e. The number of methoxy groups -OCH3 is 1. The third kappa shape index (κ3) is 5.68. The fraction of sp³-hybridized carbons (Fsp3) is 0.462. The van der Waals surface area contributed by atoms with Gasteiger partial charge in [-0.2, -0.15) is 4.31 Å². The first kappa shape index (κ1) is 16.6. The van der Waals surface area contributed by atoms with E-state index in [2.05, 4.69) is 5.32 Å². The molecule has 7 heteroatoms. The zero-order valence-electron chi connectivity index (χ0n) is 11.9. The fourth-order valence-electron chi connectivity index (χ4n) is 1.64. The second-order valence-corrected chi connectivity index (χ2v) is 6.49. The molecule has 0 fully saturated rings. The number of hydrogen-bond acceptors (Lipinski definition) is 4. The molecule has 1 rings (SSSR count). The van der Waals surface area contributed by atoms with Crippen molar-refractivity contribution in [2.75, 3.05) is 38.4 Å². The first-order valence-corrected chi connectivity index (χ1v) is 7.98. The largest absolute Gasteiger partial charge is 0.383 e. The number of amides is 1. The highest BCUT2D eigenvalue weighted by atomic mass is 32.2. The summed E-state index contributed by atoms with van der Waals surface area (Å²) in [6, 6.07) is 7.31. The van der Waals surface area contributed by atoms with Crippen molar-refractivity contribution in [3.8, 4) is 0 Å². The Labute approximate surface area is 119 Å². The molecule has 0 radical (unpaired) electrons. The molecule has 0 aliphatic carbocycles. The van der Waals surface area contributed by atoms with E-state index in [9.17, 15) is 13.2 Å². The van der Waals surface area contributed by atoms with Crippen molar-refractivity contribution in [2.45, 2.75) is 6.92 Å². The van der Waals surface area contributed by atoms with Gasteiger partial charge in [0.1, 0.15) is 0 Å². The monoisotopic (exact) mass is 300 g/mol. The molecule has 0 saturated heterocycles. The highest BCUT2D eigenvalue weighted by Gasteiger charge is 2.19. The number of hydrogen-bond donors (Lipinski definition) is 1. The Morgan fingerprint density at radius 3 is 2.65 bits per heavy atom. The summed E-state index contributed by atoms with van der Waals surface area (Å²) in [6.45, 7) is 2.08. The molecule has 0 spiro atoms. The molecule has 0 heterocycles. The van der Waals surface area contributed by atoms with Crippen LogP contribution in [0.15, 0.2) is 24.3 Å². The van der Waals surface area contributed by atoms with Crippen molar-refractivity contribution < 1.29 is 17.9 Å². The van der Waals surface area contributed by atoms with Crippen molar-refractivity contribution in [1.82, 2.24) is 4.31 Å². The molecule has 0 atom stereocenters. The number of ether oxygens (including phenoxy) is 1. The molecule has 112 valence electrons. The Kier molecular flexibility index (Phi) is 6.12. The predicted molar refractivity (Wildman–Crippen MR) is 78.1 cm³/mol. The van der Waals surface area contributed by atoms with Crippen molar-refractivity contribution in [3.63, 3.8) is 0 Å². The first-order valence-electron chi connectivity index (χ1n) is 6.13. The summed E-state index contributed by atoms with van der Waals surface area (Å²) in [5, 5.41) is 2.68. The summed E-state index contributed by atoms with van der Waals surface area (Å²) in [7, 11) is -1.96. The molecule has 1 amide bonds. The minimum absolute atomic E-state index is 0.149. The maximum atomic E-state index is 11.9. The second kappa shape index (κ2) is 7.37. The fourth-order valence-corrected chi connectivity index (χ4v) is 2.40. The van der Waals surface area contributed by atoms with Gasteiger partial charge in [0.05, 0.1) is 19.4 Å². The minimum Gasteiger partial charge on any atom is -0.383 e. The van der Waals surface area contributed by atoms with Gasteiger partial charge in [-0.15, -0.1) is 0 Å². The SMILES string of the molecule is COCCN(CC(=O)Nc1cccc(C)c1)S(C)(=O)=O. The number of benzene rings is 1. The molecule has 20 heavy (non-hydrogen) atoms. The smallest absolute Gasteiger partial charge is 0.239 e. The van der Waals surface area contributed by atoms with Crippen LogP contribution in [0.5, 0.6) is 0 Å². The van der Waals surface area contributed by atoms with Gasteiger partial charge in [0, 0.05) is 19.3 Å². The van der Waals surface area contributed by atoms with Crippen LogP contribution >= 0.6 is 0 Å². The number of rotatable bonds is 7. The minimum atomic E-state index is -3.44.